The number of pyridine rings is 1. The molecule has 84 valence electrons. The fraction of sp³-hybridized carbons (Fsp3) is 0.273. The van der Waals surface area contributed by atoms with Crippen LogP contribution in [0.5, 0.6) is 0 Å². The zero-order valence-electron chi connectivity index (χ0n) is 8.82. The Hall–Kier alpha value is -0.680. The maximum atomic E-state index is 4.39. The van der Waals surface area contributed by atoms with Gasteiger partial charge in [0.15, 0.2) is 5.82 Å². The van der Waals surface area contributed by atoms with E-state index in [1.165, 1.54) is 0 Å². The normalized spacial score (nSPS) is 10.7. The minimum absolute atomic E-state index is 0.879. The van der Waals surface area contributed by atoms with Crippen molar-refractivity contribution in [2.75, 3.05) is 0 Å². The van der Waals surface area contributed by atoms with Crippen LogP contribution in [0.4, 0.5) is 0 Å². The van der Waals surface area contributed by atoms with E-state index in [0.29, 0.717) is 0 Å². The van der Waals surface area contributed by atoms with E-state index >= 15 is 0 Å². The first-order valence-electron chi connectivity index (χ1n) is 5.06. The van der Waals surface area contributed by atoms with Gasteiger partial charge in [0.25, 0.3) is 0 Å². The third-order valence-corrected chi connectivity index (χ3v) is 3.22. The lowest BCUT2D eigenvalue weighted by atomic mass is 10.3. The highest BCUT2D eigenvalue weighted by Gasteiger charge is 2.08. The van der Waals surface area contributed by atoms with E-state index in [0.717, 1.165) is 33.4 Å². The van der Waals surface area contributed by atoms with Gasteiger partial charge in [0, 0.05) is 29.5 Å². The van der Waals surface area contributed by atoms with E-state index in [4.69, 9.17) is 0 Å². The summed E-state index contributed by atoms with van der Waals surface area (Å²) in [7, 11) is 0. The molecule has 0 aromatic carbocycles. The number of aromatic nitrogens is 3. The predicted molar refractivity (Wildman–Crippen MR) is 70.8 cm³/mol. The van der Waals surface area contributed by atoms with E-state index in [-0.39, 0.29) is 0 Å². The molecule has 0 unspecified atom stereocenters. The van der Waals surface area contributed by atoms with Crippen LogP contribution in [0.2, 0.25) is 0 Å². The number of imidazole rings is 1. The van der Waals surface area contributed by atoms with E-state index in [1.54, 1.807) is 12.4 Å². The molecule has 0 spiro atoms. The molecule has 0 bridgehead atoms. The van der Waals surface area contributed by atoms with Crippen LogP contribution in [0.25, 0.3) is 5.82 Å². The Kier molecular flexibility index (Phi) is 3.76. The molecule has 3 nitrogen and oxygen atoms in total. The minimum Gasteiger partial charge on any atom is -0.287 e. The summed E-state index contributed by atoms with van der Waals surface area (Å²) in [5, 5.41) is 0. The monoisotopic (exact) mass is 343 g/mol. The quantitative estimate of drug-likeness (QED) is 0.849. The SMILES string of the molecule is CCCc1nccn1-c1ncc(Br)cc1Br. The second-order valence-corrected chi connectivity index (χ2v) is 5.19. The van der Waals surface area contributed by atoms with Crippen LogP contribution in [-0.2, 0) is 6.42 Å². The van der Waals surface area contributed by atoms with Gasteiger partial charge in [0.2, 0.25) is 0 Å². The summed E-state index contributed by atoms with van der Waals surface area (Å²) in [5.41, 5.74) is 0. The first kappa shape index (κ1) is 11.8. The van der Waals surface area contributed by atoms with Crippen molar-refractivity contribution >= 4 is 31.9 Å². The molecule has 2 rings (SSSR count). The highest BCUT2D eigenvalue weighted by atomic mass is 79.9. The molecule has 0 amide bonds. The third kappa shape index (κ3) is 2.35. The Morgan fingerprint density at radius 2 is 2.12 bits per heavy atom. The van der Waals surface area contributed by atoms with Gasteiger partial charge in [-0.25, -0.2) is 9.97 Å². The Labute approximate surface area is 111 Å². The average molecular weight is 345 g/mol. The summed E-state index contributed by atoms with van der Waals surface area (Å²) < 4.78 is 3.93. The minimum atomic E-state index is 0.879. The largest absolute Gasteiger partial charge is 0.287 e. The molecule has 0 saturated heterocycles. The fourth-order valence-electron chi connectivity index (χ4n) is 1.52. The van der Waals surface area contributed by atoms with Gasteiger partial charge in [-0.05, 0) is 44.3 Å². The molecule has 0 atom stereocenters. The first-order chi connectivity index (χ1) is 7.72. The smallest absolute Gasteiger partial charge is 0.152 e. The number of hydrogen-bond donors (Lipinski definition) is 0. The van der Waals surface area contributed by atoms with Crippen molar-refractivity contribution in [2.45, 2.75) is 19.8 Å². The van der Waals surface area contributed by atoms with Crippen molar-refractivity contribution in [2.24, 2.45) is 0 Å². The molecule has 16 heavy (non-hydrogen) atoms. The third-order valence-electron chi connectivity index (χ3n) is 2.21. The number of aryl methyl sites for hydroxylation is 1. The summed E-state index contributed by atoms with van der Waals surface area (Å²) in [6.07, 6.45) is 7.56. The number of rotatable bonds is 3. The Bertz CT molecular complexity index is 494. The van der Waals surface area contributed by atoms with E-state index in [1.807, 2.05) is 16.8 Å². The molecular weight excluding hydrogens is 334 g/mol. The van der Waals surface area contributed by atoms with Crippen molar-refractivity contribution in [3.05, 3.63) is 39.4 Å². The maximum Gasteiger partial charge on any atom is 0.152 e. The van der Waals surface area contributed by atoms with Gasteiger partial charge in [-0.3, -0.25) is 4.57 Å². The Morgan fingerprint density at radius 1 is 1.31 bits per heavy atom. The van der Waals surface area contributed by atoms with Crippen LogP contribution < -0.4 is 0 Å². The summed E-state index contributed by atoms with van der Waals surface area (Å²) in [6, 6.07) is 1.98. The summed E-state index contributed by atoms with van der Waals surface area (Å²) in [4.78, 5) is 8.73. The number of halogens is 2. The van der Waals surface area contributed by atoms with Crippen LogP contribution in [-0.4, -0.2) is 14.5 Å². The molecule has 5 heteroatoms. The van der Waals surface area contributed by atoms with Gasteiger partial charge in [-0.1, -0.05) is 6.92 Å². The van der Waals surface area contributed by atoms with E-state index < -0.39 is 0 Å². The van der Waals surface area contributed by atoms with Crippen molar-refractivity contribution in [3.8, 4) is 5.82 Å². The van der Waals surface area contributed by atoms with Gasteiger partial charge in [-0.15, -0.1) is 0 Å². The van der Waals surface area contributed by atoms with Crippen molar-refractivity contribution in [1.82, 2.24) is 14.5 Å². The molecule has 0 radical (unpaired) electrons. The lowest BCUT2D eigenvalue weighted by Crippen LogP contribution is -2.03. The molecule has 0 aliphatic carbocycles. The predicted octanol–water partition coefficient (Wildman–Crippen LogP) is 3.74. The van der Waals surface area contributed by atoms with E-state index in [9.17, 15) is 0 Å². The van der Waals surface area contributed by atoms with Crippen LogP contribution in [0.3, 0.4) is 0 Å². The van der Waals surface area contributed by atoms with Crippen molar-refractivity contribution in [3.63, 3.8) is 0 Å². The highest BCUT2D eigenvalue weighted by molar-refractivity contribution is 9.11. The van der Waals surface area contributed by atoms with Gasteiger partial charge < -0.3 is 0 Å². The van der Waals surface area contributed by atoms with Gasteiger partial charge in [0.1, 0.15) is 5.82 Å². The topological polar surface area (TPSA) is 30.7 Å². The van der Waals surface area contributed by atoms with Crippen LogP contribution >= 0.6 is 31.9 Å². The average Bonchev–Trinajstić information content (AvgIpc) is 2.67. The summed E-state index contributed by atoms with van der Waals surface area (Å²) in [5.74, 6) is 1.92. The first-order valence-corrected chi connectivity index (χ1v) is 6.64. The fourth-order valence-corrected chi connectivity index (χ4v) is 2.70. The second-order valence-electron chi connectivity index (χ2n) is 3.42. The number of hydrogen-bond acceptors (Lipinski definition) is 2. The van der Waals surface area contributed by atoms with Gasteiger partial charge >= 0.3 is 0 Å². The molecule has 2 heterocycles. The zero-order chi connectivity index (χ0) is 11.5. The van der Waals surface area contributed by atoms with Crippen LogP contribution in [0.1, 0.15) is 19.2 Å². The summed E-state index contributed by atoms with van der Waals surface area (Å²) in [6.45, 7) is 2.14. The molecule has 0 aliphatic heterocycles. The van der Waals surface area contributed by atoms with E-state index in [2.05, 4.69) is 48.8 Å². The lowest BCUT2D eigenvalue weighted by Gasteiger charge is -2.08. The molecule has 2 aromatic heterocycles. The molecule has 0 fully saturated rings. The molecule has 0 N–H and O–H groups in total. The second kappa shape index (κ2) is 5.10. The molecule has 0 aliphatic rings. The van der Waals surface area contributed by atoms with Crippen molar-refractivity contribution < 1.29 is 0 Å². The Balaban J connectivity index is 2.46. The maximum absolute atomic E-state index is 4.39. The molecule has 2 aromatic rings. The van der Waals surface area contributed by atoms with Gasteiger partial charge in [-0.2, -0.15) is 0 Å². The van der Waals surface area contributed by atoms with Crippen LogP contribution in [0.15, 0.2) is 33.6 Å². The number of nitrogens with zero attached hydrogens (tertiary/aromatic N) is 3. The van der Waals surface area contributed by atoms with Crippen molar-refractivity contribution in [1.29, 1.82) is 0 Å². The zero-order valence-corrected chi connectivity index (χ0v) is 12.0. The van der Waals surface area contributed by atoms with Gasteiger partial charge in [0.05, 0.1) is 4.47 Å². The Morgan fingerprint density at radius 3 is 2.81 bits per heavy atom. The molecular formula is C11H11Br2N3. The highest BCUT2D eigenvalue weighted by Crippen LogP contribution is 2.23. The van der Waals surface area contributed by atoms with Crippen LogP contribution in [0, 0.1) is 0 Å². The lowest BCUT2D eigenvalue weighted by molar-refractivity contribution is 0.796. The molecule has 0 saturated carbocycles. The standard InChI is InChI=1S/C11H11Br2N3/c1-2-3-10-14-4-5-16(10)11-9(13)6-8(12)7-15-11/h4-7H,2-3H2,1H3. The summed E-state index contributed by atoms with van der Waals surface area (Å²) >= 11 is 6.90.